The van der Waals surface area contributed by atoms with E-state index in [2.05, 4.69) is 15.9 Å². The molecule has 0 aliphatic carbocycles. The van der Waals surface area contributed by atoms with Gasteiger partial charge in [0.15, 0.2) is 11.6 Å². The van der Waals surface area contributed by atoms with Crippen LogP contribution < -0.4 is 0 Å². The van der Waals surface area contributed by atoms with Crippen LogP contribution in [-0.2, 0) is 0 Å². The van der Waals surface area contributed by atoms with Crippen LogP contribution in [0, 0.1) is 16.0 Å². The first-order valence-corrected chi connectivity index (χ1v) is 9.82. The van der Waals surface area contributed by atoms with Crippen molar-refractivity contribution in [1.82, 2.24) is 0 Å². The van der Waals surface area contributed by atoms with Crippen molar-refractivity contribution in [2.75, 3.05) is 6.54 Å². The molecule has 3 rings (SSSR count). The summed E-state index contributed by atoms with van der Waals surface area (Å²) >= 11 is 3.37. The quantitative estimate of drug-likeness (QED) is 0.204. The van der Waals surface area contributed by atoms with Crippen LogP contribution in [0.2, 0.25) is 0 Å². The number of carbonyl (C=O) groups excluding carboxylic acids is 2. The Hall–Kier alpha value is -3.12. The average Bonchev–Trinajstić information content (AvgIpc) is 2.74. The summed E-state index contributed by atoms with van der Waals surface area (Å²) in [6.07, 6.45) is 0. The van der Waals surface area contributed by atoms with E-state index in [1.807, 2.05) is 0 Å². The second kappa shape index (κ2) is 9.39. The van der Waals surface area contributed by atoms with Crippen LogP contribution in [0.3, 0.4) is 0 Å². The molecule has 146 valence electrons. The molecule has 0 aliphatic rings. The van der Waals surface area contributed by atoms with Crippen LogP contribution in [0.5, 0.6) is 0 Å². The zero-order chi connectivity index (χ0) is 20.8. The van der Waals surface area contributed by atoms with Gasteiger partial charge in [-0.15, -0.1) is 0 Å². The number of nitro groups is 1. The number of carbonyl (C=O) groups is 2. The number of Topliss-reactive ketones (excluding diaryl/α,β-unsaturated/α-hetero) is 2. The largest absolute Gasteiger partial charge is 0.293 e. The molecule has 1 atom stereocenters. The van der Waals surface area contributed by atoms with E-state index < -0.39 is 34.9 Å². The lowest BCUT2D eigenvalue weighted by atomic mass is 9.77. The van der Waals surface area contributed by atoms with E-state index in [0.29, 0.717) is 16.7 Å². The van der Waals surface area contributed by atoms with Crippen molar-refractivity contribution >= 4 is 27.5 Å². The smallest absolute Gasteiger partial charge is 0.211 e. The van der Waals surface area contributed by atoms with Crippen LogP contribution in [0.15, 0.2) is 89.4 Å². The number of nitrogens with zero attached hydrogens (tertiary/aromatic N) is 1. The first-order valence-electron chi connectivity index (χ1n) is 9.03. The highest BCUT2D eigenvalue weighted by molar-refractivity contribution is 9.10. The molecule has 3 aromatic rings. The molecular weight excluding hydrogens is 434 g/mol. The van der Waals surface area contributed by atoms with Gasteiger partial charge in [0.25, 0.3) is 0 Å². The summed E-state index contributed by atoms with van der Waals surface area (Å²) < 4.78 is 0.724. The lowest BCUT2D eigenvalue weighted by molar-refractivity contribution is -0.484. The highest BCUT2D eigenvalue weighted by Crippen LogP contribution is 2.32. The Morgan fingerprint density at radius 3 is 1.79 bits per heavy atom. The standard InChI is InChI=1S/C23H18BrNO4/c24-19-13-7-12-18(14-19)20(15-25(28)29)21(22(26)16-8-3-1-4-9-16)23(27)17-10-5-2-6-11-17/h1-14,20-21H,15H2. The Morgan fingerprint density at radius 2 is 1.34 bits per heavy atom. The summed E-state index contributed by atoms with van der Waals surface area (Å²) in [5.74, 6) is -2.96. The van der Waals surface area contributed by atoms with Crippen LogP contribution in [-0.4, -0.2) is 23.0 Å². The molecule has 1 unspecified atom stereocenters. The summed E-state index contributed by atoms with van der Waals surface area (Å²) in [7, 11) is 0. The zero-order valence-electron chi connectivity index (χ0n) is 15.4. The van der Waals surface area contributed by atoms with E-state index in [-0.39, 0.29) is 0 Å². The number of hydrogen-bond donors (Lipinski definition) is 0. The molecule has 0 heterocycles. The summed E-state index contributed by atoms with van der Waals surface area (Å²) in [6.45, 7) is -0.529. The van der Waals surface area contributed by atoms with Crippen LogP contribution in [0.1, 0.15) is 32.2 Å². The molecule has 0 saturated heterocycles. The molecule has 0 N–H and O–H groups in total. The Balaban J connectivity index is 2.14. The number of rotatable bonds is 8. The van der Waals surface area contributed by atoms with Crippen molar-refractivity contribution in [1.29, 1.82) is 0 Å². The van der Waals surface area contributed by atoms with Gasteiger partial charge in [0.2, 0.25) is 6.54 Å². The second-order valence-corrected chi connectivity index (χ2v) is 7.53. The number of benzene rings is 3. The first-order chi connectivity index (χ1) is 14.0. The molecule has 0 spiro atoms. The second-order valence-electron chi connectivity index (χ2n) is 6.62. The van der Waals surface area contributed by atoms with Crippen molar-refractivity contribution in [2.45, 2.75) is 5.92 Å². The summed E-state index contributed by atoms with van der Waals surface area (Å²) in [5.41, 5.74) is 1.27. The van der Waals surface area contributed by atoms with Gasteiger partial charge in [-0.2, -0.15) is 0 Å². The fourth-order valence-corrected chi connectivity index (χ4v) is 3.77. The van der Waals surface area contributed by atoms with Crippen molar-refractivity contribution in [3.8, 4) is 0 Å². The number of ketones is 2. The molecular formula is C23H18BrNO4. The van der Waals surface area contributed by atoms with Crippen LogP contribution in [0.4, 0.5) is 0 Å². The predicted molar refractivity (Wildman–Crippen MR) is 114 cm³/mol. The monoisotopic (exact) mass is 451 g/mol. The molecule has 6 heteroatoms. The Morgan fingerprint density at radius 1 is 0.828 bits per heavy atom. The van der Waals surface area contributed by atoms with E-state index in [1.165, 1.54) is 0 Å². The average molecular weight is 452 g/mol. The first kappa shape index (κ1) is 20.6. The topological polar surface area (TPSA) is 77.3 Å². The minimum Gasteiger partial charge on any atom is -0.293 e. The third-order valence-corrected chi connectivity index (χ3v) is 5.20. The molecule has 0 radical (unpaired) electrons. The third-order valence-electron chi connectivity index (χ3n) is 4.71. The van der Waals surface area contributed by atoms with Gasteiger partial charge >= 0.3 is 0 Å². The maximum atomic E-state index is 13.4. The number of halogens is 1. The minimum atomic E-state index is -1.21. The lowest BCUT2D eigenvalue weighted by Gasteiger charge is -2.23. The maximum Gasteiger partial charge on any atom is 0.211 e. The fourth-order valence-electron chi connectivity index (χ4n) is 3.35. The van der Waals surface area contributed by atoms with E-state index >= 15 is 0 Å². The molecule has 3 aromatic carbocycles. The number of hydrogen-bond acceptors (Lipinski definition) is 4. The van der Waals surface area contributed by atoms with E-state index in [0.717, 1.165) is 4.47 Å². The van der Waals surface area contributed by atoms with Gasteiger partial charge in [-0.3, -0.25) is 19.7 Å². The molecule has 0 saturated carbocycles. The maximum absolute atomic E-state index is 13.4. The van der Waals surface area contributed by atoms with Gasteiger partial charge in [0, 0.05) is 20.5 Å². The molecule has 29 heavy (non-hydrogen) atoms. The van der Waals surface area contributed by atoms with Crippen molar-refractivity contribution in [2.24, 2.45) is 5.92 Å². The molecule has 0 aliphatic heterocycles. The predicted octanol–water partition coefficient (Wildman–Crippen LogP) is 5.19. The molecule has 5 nitrogen and oxygen atoms in total. The van der Waals surface area contributed by atoms with Gasteiger partial charge in [-0.1, -0.05) is 88.7 Å². The Labute approximate surface area is 176 Å². The highest BCUT2D eigenvalue weighted by Gasteiger charge is 2.39. The zero-order valence-corrected chi connectivity index (χ0v) is 17.0. The van der Waals surface area contributed by atoms with Crippen LogP contribution >= 0.6 is 15.9 Å². The third kappa shape index (κ3) is 5.03. The molecule has 0 bridgehead atoms. The van der Waals surface area contributed by atoms with Crippen molar-refractivity contribution in [3.05, 3.63) is 116 Å². The Bertz CT molecular complexity index is 970. The highest BCUT2D eigenvalue weighted by atomic mass is 79.9. The van der Waals surface area contributed by atoms with Gasteiger partial charge < -0.3 is 0 Å². The molecule has 0 aromatic heterocycles. The lowest BCUT2D eigenvalue weighted by Crippen LogP contribution is -2.34. The van der Waals surface area contributed by atoms with Crippen LogP contribution in [0.25, 0.3) is 0 Å². The minimum absolute atomic E-state index is 0.352. The summed E-state index contributed by atoms with van der Waals surface area (Å²) in [6, 6.07) is 23.8. The SMILES string of the molecule is O=C(c1ccccc1)C(C(=O)c1ccccc1)C(C[N+](=O)[O-])c1cccc(Br)c1. The summed E-state index contributed by atoms with van der Waals surface area (Å²) in [4.78, 5) is 37.8. The normalized spacial score (nSPS) is 11.8. The van der Waals surface area contributed by atoms with E-state index in [4.69, 9.17) is 0 Å². The van der Waals surface area contributed by atoms with Gasteiger partial charge in [0.05, 0.1) is 11.8 Å². The molecule has 0 fully saturated rings. The van der Waals surface area contributed by atoms with Crippen molar-refractivity contribution in [3.63, 3.8) is 0 Å². The van der Waals surface area contributed by atoms with Crippen molar-refractivity contribution < 1.29 is 14.5 Å². The van der Waals surface area contributed by atoms with E-state index in [1.54, 1.807) is 84.9 Å². The van der Waals surface area contributed by atoms with E-state index in [9.17, 15) is 19.7 Å². The Kier molecular flexibility index (Phi) is 6.67. The summed E-state index contributed by atoms with van der Waals surface area (Å²) in [5, 5.41) is 11.5. The fraction of sp³-hybridized carbons (Fsp3) is 0.130. The van der Waals surface area contributed by atoms with Gasteiger partial charge in [0.1, 0.15) is 0 Å². The van der Waals surface area contributed by atoms with Gasteiger partial charge in [-0.25, -0.2) is 0 Å². The molecule has 0 amide bonds. The van der Waals surface area contributed by atoms with Gasteiger partial charge in [-0.05, 0) is 17.7 Å².